The molecule has 1 aromatic heterocycles. The summed E-state index contributed by atoms with van der Waals surface area (Å²) in [5.74, 6) is 1.57. The fourth-order valence-corrected chi connectivity index (χ4v) is 2.31. The number of hydrogen-bond acceptors (Lipinski definition) is 3. The van der Waals surface area contributed by atoms with Crippen LogP contribution < -0.4 is 5.32 Å². The van der Waals surface area contributed by atoms with Gasteiger partial charge in [0.15, 0.2) is 11.7 Å². The van der Waals surface area contributed by atoms with Gasteiger partial charge in [-0.2, -0.15) is 0 Å². The van der Waals surface area contributed by atoms with Crippen LogP contribution in [0.15, 0.2) is 39.8 Å². The van der Waals surface area contributed by atoms with Crippen molar-refractivity contribution in [3.8, 4) is 0 Å². The van der Waals surface area contributed by atoms with E-state index in [1.807, 2.05) is 49.2 Å². The minimum Gasteiger partial charge on any atom is -0.359 e. The lowest BCUT2D eigenvalue weighted by molar-refractivity contribution is 0.371. The molecule has 2 rings (SSSR count). The molecule has 0 saturated carbocycles. The quantitative estimate of drug-likeness (QED) is 0.679. The molecule has 2 aromatic rings. The lowest BCUT2D eigenvalue weighted by Crippen LogP contribution is -2.38. The largest absolute Gasteiger partial charge is 0.359 e. The van der Waals surface area contributed by atoms with Crippen molar-refractivity contribution in [2.45, 2.75) is 26.4 Å². The number of guanidine groups is 1. The van der Waals surface area contributed by atoms with Crippen LogP contribution in [0.1, 0.15) is 23.9 Å². The molecule has 1 heterocycles. The van der Waals surface area contributed by atoms with E-state index in [0.717, 1.165) is 34.4 Å². The number of aryl methyl sites for hydroxylation is 1. The highest BCUT2D eigenvalue weighted by atomic mass is 35.5. The molecule has 5 nitrogen and oxygen atoms in total. The normalized spacial score (nSPS) is 11.5. The Morgan fingerprint density at radius 1 is 1.41 bits per heavy atom. The van der Waals surface area contributed by atoms with Crippen molar-refractivity contribution in [3.05, 3.63) is 52.4 Å². The number of benzene rings is 1. The van der Waals surface area contributed by atoms with Crippen LogP contribution in [0.4, 0.5) is 0 Å². The van der Waals surface area contributed by atoms with Crippen LogP contribution >= 0.6 is 11.6 Å². The molecule has 118 valence electrons. The Kier molecular flexibility index (Phi) is 5.83. The molecule has 0 bridgehead atoms. The summed E-state index contributed by atoms with van der Waals surface area (Å²) in [6.45, 7) is 3.27. The zero-order valence-electron chi connectivity index (χ0n) is 13.1. The van der Waals surface area contributed by atoms with E-state index in [1.165, 1.54) is 0 Å². The van der Waals surface area contributed by atoms with Gasteiger partial charge < -0.3 is 14.7 Å². The van der Waals surface area contributed by atoms with Gasteiger partial charge in [0.1, 0.15) is 0 Å². The van der Waals surface area contributed by atoms with Crippen LogP contribution in [0.25, 0.3) is 0 Å². The molecule has 0 unspecified atom stereocenters. The summed E-state index contributed by atoms with van der Waals surface area (Å²) in [5, 5.41) is 8.00. The zero-order valence-corrected chi connectivity index (χ0v) is 13.9. The van der Waals surface area contributed by atoms with Crippen molar-refractivity contribution in [1.82, 2.24) is 15.4 Å². The third-order valence-corrected chi connectivity index (χ3v) is 3.70. The Morgan fingerprint density at radius 3 is 2.82 bits per heavy atom. The van der Waals surface area contributed by atoms with Crippen LogP contribution in [0, 0.1) is 0 Å². The Balaban J connectivity index is 1.94. The standard InChI is InChI=1S/C16H21ClN4O/c1-4-13-9-14(22-20-13)10-19-16(18-2)21(3)11-12-7-5-6-8-15(12)17/h5-9H,4,10-11H2,1-3H3,(H,18,19). The van der Waals surface area contributed by atoms with Gasteiger partial charge in [-0.15, -0.1) is 0 Å². The number of halogens is 1. The maximum absolute atomic E-state index is 6.20. The molecule has 0 spiro atoms. The molecule has 0 atom stereocenters. The summed E-state index contributed by atoms with van der Waals surface area (Å²) >= 11 is 6.20. The third kappa shape index (κ3) is 4.24. The number of aliphatic imine (C=N–C) groups is 1. The van der Waals surface area contributed by atoms with Crippen molar-refractivity contribution in [2.75, 3.05) is 14.1 Å². The first-order valence-electron chi connectivity index (χ1n) is 7.23. The zero-order chi connectivity index (χ0) is 15.9. The Morgan fingerprint density at radius 2 is 2.18 bits per heavy atom. The van der Waals surface area contributed by atoms with Gasteiger partial charge >= 0.3 is 0 Å². The highest BCUT2D eigenvalue weighted by molar-refractivity contribution is 6.31. The molecule has 1 N–H and O–H groups in total. The van der Waals surface area contributed by atoms with Gasteiger partial charge in [-0.1, -0.05) is 41.9 Å². The number of nitrogens with one attached hydrogen (secondary N) is 1. The van der Waals surface area contributed by atoms with Gasteiger partial charge in [0.2, 0.25) is 0 Å². The highest BCUT2D eigenvalue weighted by Crippen LogP contribution is 2.16. The number of hydrogen-bond donors (Lipinski definition) is 1. The second-order valence-corrected chi connectivity index (χ2v) is 5.39. The van der Waals surface area contributed by atoms with Crippen LogP contribution in [0.2, 0.25) is 5.02 Å². The Labute approximate surface area is 136 Å². The number of nitrogens with zero attached hydrogens (tertiary/aromatic N) is 3. The highest BCUT2D eigenvalue weighted by Gasteiger charge is 2.10. The van der Waals surface area contributed by atoms with E-state index in [0.29, 0.717) is 13.1 Å². The molecular formula is C16H21ClN4O. The van der Waals surface area contributed by atoms with Gasteiger partial charge in [-0.3, -0.25) is 4.99 Å². The Bertz CT molecular complexity index is 639. The van der Waals surface area contributed by atoms with E-state index in [4.69, 9.17) is 16.1 Å². The topological polar surface area (TPSA) is 53.7 Å². The maximum Gasteiger partial charge on any atom is 0.194 e. The van der Waals surface area contributed by atoms with Crippen molar-refractivity contribution in [3.63, 3.8) is 0 Å². The maximum atomic E-state index is 6.20. The van der Waals surface area contributed by atoms with E-state index in [9.17, 15) is 0 Å². The van der Waals surface area contributed by atoms with E-state index in [2.05, 4.69) is 15.5 Å². The van der Waals surface area contributed by atoms with Crippen molar-refractivity contribution in [1.29, 1.82) is 0 Å². The van der Waals surface area contributed by atoms with E-state index >= 15 is 0 Å². The van der Waals surface area contributed by atoms with Crippen LogP contribution in [-0.2, 0) is 19.5 Å². The molecule has 0 radical (unpaired) electrons. The SMILES string of the molecule is CCc1cc(CNC(=NC)N(C)Cc2ccccc2Cl)on1. The molecule has 0 fully saturated rings. The fraction of sp³-hybridized carbons (Fsp3) is 0.375. The molecule has 6 heteroatoms. The molecule has 0 aliphatic rings. The first-order valence-corrected chi connectivity index (χ1v) is 7.61. The van der Waals surface area contributed by atoms with E-state index in [1.54, 1.807) is 7.05 Å². The molecule has 0 saturated heterocycles. The molecule has 0 amide bonds. The average molecular weight is 321 g/mol. The smallest absolute Gasteiger partial charge is 0.194 e. The van der Waals surface area contributed by atoms with Gasteiger partial charge in [-0.25, -0.2) is 0 Å². The first-order chi connectivity index (χ1) is 10.6. The van der Waals surface area contributed by atoms with Crippen molar-refractivity contribution >= 4 is 17.6 Å². The first kappa shape index (κ1) is 16.4. The lowest BCUT2D eigenvalue weighted by Gasteiger charge is -2.22. The average Bonchev–Trinajstić information content (AvgIpc) is 2.98. The van der Waals surface area contributed by atoms with Crippen LogP contribution in [-0.4, -0.2) is 30.1 Å². The van der Waals surface area contributed by atoms with Crippen LogP contribution in [0.5, 0.6) is 0 Å². The fourth-order valence-electron chi connectivity index (χ4n) is 2.11. The molecule has 1 aromatic carbocycles. The van der Waals surface area contributed by atoms with Gasteiger partial charge in [-0.05, 0) is 18.1 Å². The minimum absolute atomic E-state index is 0.548. The van der Waals surface area contributed by atoms with Crippen molar-refractivity contribution < 1.29 is 4.52 Å². The predicted molar refractivity (Wildman–Crippen MR) is 89.0 cm³/mol. The number of aromatic nitrogens is 1. The van der Waals surface area contributed by atoms with Gasteiger partial charge in [0, 0.05) is 31.7 Å². The van der Waals surface area contributed by atoms with Crippen LogP contribution in [0.3, 0.4) is 0 Å². The molecule has 0 aliphatic heterocycles. The molecular weight excluding hydrogens is 300 g/mol. The Hall–Kier alpha value is -2.01. The molecule has 0 aliphatic carbocycles. The predicted octanol–water partition coefficient (Wildman–Crippen LogP) is 3.10. The minimum atomic E-state index is 0.548. The summed E-state index contributed by atoms with van der Waals surface area (Å²) in [4.78, 5) is 6.29. The second-order valence-electron chi connectivity index (χ2n) is 4.99. The van der Waals surface area contributed by atoms with Crippen molar-refractivity contribution in [2.24, 2.45) is 4.99 Å². The second kappa shape index (κ2) is 7.84. The summed E-state index contributed by atoms with van der Waals surface area (Å²) in [6, 6.07) is 9.76. The summed E-state index contributed by atoms with van der Waals surface area (Å²) < 4.78 is 5.26. The van der Waals surface area contributed by atoms with E-state index < -0.39 is 0 Å². The monoisotopic (exact) mass is 320 g/mol. The van der Waals surface area contributed by atoms with Gasteiger partial charge in [0.05, 0.1) is 12.2 Å². The van der Waals surface area contributed by atoms with E-state index in [-0.39, 0.29) is 0 Å². The third-order valence-electron chi connectivity index (χ3n) is 3.33. The number of rotatable bonds is 5. The molecule has 22 heavy (non-hydrogen) atoms. The van der Waals surface area contributed by atoms with Gasteiger partial charge in [0.25, 0.3) is 0 Å². The summed E-state index contributed by atoms with van der Waals surface area (Å²) in [5.41, 5.74) is 2.01. The summed E-state index contributed by atoms with van der Waals surface area (Å²) in [7, 11) is 3.72. The lowest BCUT2D eigenvalue weighted by atomic mass is 10.2. The summed E-state index contributed by atoms with van der Waals surface area (Å²) in [6.07, 6.45) is 0.866.